The van der Waals surface area contributed by atoms with Crippen LogP contribution in [0.25, 0.3) is 0 Å². The highest BCUT2D eigenvalue weighted by atomic mass is 16.6. The smallest absolute Gasteiger partial charge is 0.280 e. The third kappa shape index (κ3) is 2.81. The van der Waals surface area contributed by atoms with E-state index >= 15 is 0 Å². The van der Waals surface area contributed by atoms with Crippen LogP contribution in [-0.4, -0.2) is 31.0 Å². The number of ether oxygens (including phenoxy) is 3. The number of para-hydroxylation sites is 1. The summed E-state index contributed by atoms with van der Waals surface area (Å²) in [7, 11) is 3.05. The van der Waals surface area contributed by atoms with E-state index in [1.807, 2.05) is 0 Å². The molecule has 0 N–H and O–H groups in total. The summed E-state index contributed by atoms with van der Waals surface area (Å²) in [6, 6.07) is 11.1. The third-order valence-electron chi connectivity index (χ3n) is 3.85. The molecular formula is C17H15NO6. The molecule has 0 aromatic heterocycles. The molecule has 2 aromatic carbocycles. The lowest BCUT2D eigenvalue weighted by Gasteiger charge is -2.08. The Morgan fingerprint density at radius 3 is 2.50 bits per heavy atom. The Bertz CT molecular complexity index is 803. The Hall–Kier alpha value is -2.93. The van der Waals surface area contributed by atoms with Crippen molar-refractivity contribution in [2.45, 2.75) is 12.2 Å². The minimum atomic E-state index is -0.732. The van der Waals surface area contributed by atoms with Gasteiger partial charge in [0.25, 0.3) is 5.69 Å². The number of nitrogens with zero attached hydrogens (tertiary/aromatic N) is 1. The molecule has 1 saturated heterocycles. The van der Waals surface area contributed by atoms with Crippen LogP contribution < -0.4 is 9.47 Å². The van der Waals surface area contributed by atoms with Crippen LogP contribution >= 0.6 is 0 Å². The summed E-state index contributed by atoms with van der Waals surface area (Å²) >= 11 is 0. The van der Waals surface area contributed by atoms with E-state index in [1.54, 1.807) is 24.3 Å². The van der Waals surface area contributed by atoms with E-state index < -0.39 is 22.9 Å². The summed E-state index contributed by atoms with van der Waals surface area (Å²) in [5, 5.41) is 11.1. The van der Waals surface area contributed by atoms with Gasteiger partial charge in [0.15, 0.2) is 17.6 Å². The Balaban J connectivity index is 1.83. The summed E-state index contributed by atoms with van der Waals surface area (Å²) in [6.45, 7) is 0. The Morgan fingerprint density at radius 2 is 1.83 bits per heavy atom. The van der Waals surface area contributed by atoms with Crippen molar-refractivity contribution in [1.29, 1.82) is 0 Å². The minimum Gasteiger partial charge on any atom is -0.493 e. The fraction of sp³-hybridized carbons (Fsp3) is 0.235. The van der Waals surface area contributed by atoms with Crippen LogP contribution in [0.3, 0.4) is 0 Å². The normalized spacial score (nSPS) is 18.8. The molecule has 24 heavy (non-hydrogen) atoms. The van der Waals surface area contributed by atoms with Crippen molar-refractivity contribution in [2.24, 2.45) is 0 Å². The zero-order valence-electron chi connectivity index (χ0n) is 13.1. The molecule has 2 aromatic rings. The van der Waals surface area contributed by atoms with Gasteiger partial charge < -0.3 is 14.2 Å². The van der Waals surface area contributed by atoms with Gasteiger partial charge in [-0.1, -0.05) is 18.2 Å². The first-order valence-electron chi connectivity index (χ1n) is 7.22. The second-order valence-electron chi connectivity index (χ2n) is 5.23. The summed E-state index contributed by atoms with van der Waals surface area (Å²) in [6.07, 6.45) is -1.18. The van der Waals surface area contributed by atoms with Crippen LogP contribution in [-0.2, 0) is 4.74 Å². The maximum Gasteiger partial charge on any atom is 0.280 e. The molecule has 2 unspecified atom stereocenters. The van der Waals surface area contributed by atoms with Crippen molar-refractivity contribution in [3.05, 3.63) is 63.7 Å². The van der Waals surface area contributed by atoms with E-state index in [0.717, 1.165) is 5.56 Å². The molecule has 0 amide bonds. The van der Waals surface area contributed by atoms with Gasteiger partial charge in [0.05, 0.1) is 24.7 Å². The molecule has 0 bridgehead atoms. The molecule has 1 fully saturated rings. The quantitative estimate of drug-likeness (QED) is 0.350. The van der Waals surface area contributed by atoms with Crippen LogP contribution in [0.2, 0.25) is 0 Å². The van der Waals surface area contributed by atoms with Crippen LogP contribution in [0, 0.1) is 10.1 Å². The molecule has 0 spiro atoms. The Morgan fingerprint density at radius 1 is 1.12 bits per heavy atom. The predicted molar refractivity (Wildman–Crippen MR) is 84.6 cm³/mol. The predicted octanol–water partition coefficient (Wildman–Crippen LogP) is 2.93. The average Bonchev–Trinajstić information content (AvgIpc) is 3.41. The molecule has 7 nitrogen and oxygen atoms in total. The maximum atomic E-state index is 12.5. The van der Waals surface area contributed by atoms with Gasteiger partial charge in [0.2, 0.25) is 5.78 Å². The zero-order valence-corrected chi connectivity index (χ0v) is 13.1. The molecule has 7 heteroatoms. The summed E-state index contributed by atoms with van der Waals surface area (Å²) in [4.78, 5) is 23.0. The molecular weight excluding hydrogens is 314 g/mol. The summed E-state index contributed by atoms with van der Waals surface area (Å²) in [5.74, 6) is 0.702. The van der Waals surface area contributed by atoms with Crippen LogP contribution in [0.15, 0.2) is 42.5 Å². The standard InChI is InChI=1S/C17H15NO6/c1-22-13-8-7-10(9-14(13)23-2)16-17(24-16)15(19)11-5-3-4-6-12(11)18(20)21/h3-9,16-17H,1-2H3. The van der Waals surface area contributed by atoms with E-state index in [-0.39, 0.29) is 11.3 Å². The maximum absolute atomic E-state index is 12.5. The van der Waals surface area contributed by atoms with Crippen molar-refractivity contribution in [3.8, 4) is 11.5 Å². The highest BCUT2D eigenvalue weighted by Gasteiger charge is 2.47. The van der Waals surface area contributed by atoms with Gasteiger partial charge in [-0.3, -0.25) is 14.9 Å². The number of methoxy groups -OCH3 is 2. The highest BCUT2D eigenvalue weighted by molar-refractivity contribution is 6.04. The zero-order chi connectivity index (χ0) is 17.3. The number of Topliss-reactive ketones (excluding diaryl/α,β-unsaturated/α-hetero) is 1. The number of ketones is 1. The van der Waals surface area contributed by atoms with Crippen molar-refractivity contribution in [2.75, 3.05) is 14.2 Å². The second-order valence-corrected chi connectivity index (χ2v) is 5.23. The Labute approximate surface area is 137 Å². The molecule has 3 rings (SSSR count). The van der Waals surface area contributed by atoms with Gasteiger partial charge in [-0.05, 0) is 23.8 Å². The van der Waals surface area contributed by atoms with E-state index in [1.165, 1.54) is 32.4 Å². The van der Waals surface area contributed by atoms with Crippen molar-refractivity contribution in [3.63, 3.8) is 0 Å². The number of nitro groups is 1. The van der Waals surface area contributed by atoms with Gasteiger partial charge in [0.1, 0.15) is 6.10 Å². The van der Waals surface area contributed by atoms with Crippen LogP contribution in [0.5, 0.6) is 11.5 Å². The van der Waals surface area contributed by atoms with Gasteiger partial charge in [-0.25, -0.2) is 0 Å². The molecule has 0 radical (unpaired) electrons. The monoisotopic (exact) mass is 329 g/mol. The molecule has 0 aliphatic carbocycles. The molecule has 1 aliphatic heterocycles. The van der Waals surface area contributed by atoms with Crippen molar-refractivity contribution < 1.29 is 23.9 Å². The van der Waals surface area contributed by atoms with Crippen molar-refractivity contribution >= 4 is 11.5 Å². The van der Waals surface area contributed by atoms with E-state index in [2.05, 4.69) is 0 Å². The van der Waals surface area contributed by atoms with Crippen LogP contribution in [0.1, 0.15) is 22.0 Å². The first-order chi connectivity index (χ1) is 11.6. The van der Waals surface area contributed by atoms with E-state index in [4.69, 9.17) is 14.2 Å². The molecule has 0 saturated carbocycles. The van der Waals surface area contributed by atoms with Gasteiger partial charge >= 0.3 is 0 Å². The van der Waals surface area contributed by atoms with Gasteiger partial charge in [0, 0.05) is 6.07 Å². The molecule has 2 atom stereocenters. The summed E-state index contributed by atoms with van der Waals surface area (Å²) < 4.78 is 15.9. The first-order valence-corrected chi connectivity index (χ1v) is 7.22. The molecule has 1 aliphatic rings. The number of hydrogen-bond donors (Lipinski definition) is 0. The topological polar surface area (TPSA) is 91.2 Å². The third-order valence-corrected chi connectivity index (χ3v) is 3.85. The Kier molecular flexibility index (Phi) is 4.18. The van der Waals surface area contributed by atoms with E-state index in [0.29, 0.717) is 11.5 Å². The highest BCUT2D eigenvalue weighted by Crippen LogP contribution is 2.44. The SMILES string of the molecule is COc1ccc(C2OC2C(=O)c2ccccc2[N+](=O)[O-])cc1OC. The number of benzene rings is 2. The lowest BCUT2D eigenvalue weighted by Crippen LogP contribution is -2.10. The average molecular weight is 329 g/mol. The van der Waals surface area contributed by atoms with Gasteiger partial charge in [-0.15, -0.1) is 0 Å². The lowest BCUT2D eigenvalue weighted by atomic mass is 10.0. The summed E-state index contributed by atoms with van der Waals surface area (Å²) in [5.41, 5.74) is 0.587. The van der Waals surface area contributed by atoms with Crippen LogP contribution in [0.4, 0.5) is 5.69 Å². The number of carbonyl (C=O) groups is 1. The number of carbonyl (C=O) groups excluding carboxylic acids is 1. The van der Waals surface area contributed by atoms with E-state index in [9.17, 15) is 14.9 Å². The number of nitro benzene ring substituents is 1. The number of hydrogen-bond acceptors (Lipinski definition) is 6. The minimum absolute atomic E-state index is 0.0514. The lowest BCUT2D eigenvalue weighted by molar-refractivity contribution is -0.385. The number of epoxide rings is 1. The largest absolute Gasteiger partial charge is 0.493 e. The van der Waals surface area contributed by atoms with Crippen molar-refractivity contribution in [1.82, 2.24) is 0 Å². The second kappa shape index (κ2) is 6.29. The molecule has 1 heterocycles. The molecule has 124 valence electrons. The van der Waals surface area contributed by atoms with Gasteiger partial charge in [-0.2, -0.15) is 0 Å². The fourth-order valence-electron chi connectivity index (χ4n) is 2.59. The first kappa shape index (κ1) is 15.9. The number of rotatable bonds is 6. The fourth-order valence-corrected chi connectivity index (χ4v) is 2.59.